The van der Waals surface area contributed by atoms with E-state index in [1.54, 1.807) is 0 Å². The molecule has 0 aliphatic rings. The van der Waals surface area contributed by atoms with Gasteiger partial charge in [0.1, 0.15) is 0 Å². The first-order valence-electron chi connectivity index (χ1n) is 7.29. The topological polar surface area (TPSA) is 21.1 Å². The van der Waals surface area contributed by atoms with Crippen LogP contribution in [0.1, 0.15) is 11.3 Å². The molecule has 2 aromatic heterocycles. The highest BCUT2D eigenvalue weighted by Crippen LogP contribution is 2.16. The maximum Gasteiger partial charge on any atom is 0.0605 e. The molecule has 0 amide bonds. The van der Waals surface area contributed by atoms with Crippen LogP contribution in [0.15, 0.2) is 67.1 Å². The van der Waals surface area contributed by atoms with E-state index in [0.29, 0.717) is 0 Å². The summed E-state index contributed by atoms with van der Waals surface area (Å²) < 4.78 is 2.17. The number of halogens is 1. The third-order valence-electron chi connectivity index (χ3n) is 3.75. The van der Waals surface area contributed by atoms with Gasteiger partial charge in [-0.15, -0.1) is 0 Å². The third-order valence-corrected chi connectivity index (χ3v) is 4.00. The highest BCUT2D eigenvalue weighted by atomic mass is 35.5. The predicted molar refractivity (Wildman–Crippen MR) is 91.3 cm³/mol. The summed E-state index contributed by atoms with van der Waals surface area (Å²) in [7, 11) is 2.06. The first kappa shape index (κ1) is 14.7. The van der Waals surface area contributed by atoms with Gasteiger partial charge in [0.25, 0.3) is 0 Å². The summed E-state index contributed by atoms with van der Waals surface area (Å²) in [6.07, 6.45) is 7.67. The van der Waals surface area contributed by atoms with E-state index in [1.165, 1.54) is 11.3 Å². The summed E-state index contributed by atoms with van der Waals surface area (Å²) in [6.45, 7) is 0. The van der Waals surface area contributed by atoms with Crippen molar-refractivity contribution in [1.82, 2.24) is 9.66 Å². The quantitative estimate of drug-likeness (QED) is 0.703. The number of benzene rings is 1. The molecule has 112 valence electrons. The Labute approximate surface area is 135 Å². The highest BCUT2D eigenvalue weighted by Gasteiger charge is 2.07. The van der Waals surface area contributed by atoms with E-state index in [4.69, 9.17) is 11.6 Å². The molecule has 1 aromatic carbocycles. The van der Waals surface area contributed by atoms with Gasteiger partial charge in [-0.05, 0) is 54.8 Å². The molecule has 4 heteroatoms. The van der Waals surface area contributed by atoms with E-state index < -0.39 is 0 Å². The van der Waals surface area contributed by atoms with E-state index in [1.807, 2.05) is 36.7 Å². The molecule has 0 aliphatic carbocycles. The summed E-state index contributed by atoms with van der Waals surface area (Å²) in [5.41, 5.74) is 3.68. The van der Waals surface area contributed by atoms with Crippen molar-refractivity contribution in [1.29, 1.82) is 0 Å². The first-order valence-corrected chi connectivity index (χ1v) is 7.66. The third kappa shape index (κ3) is 3.31. The number of pyridine rings is 1. The van der Waals surface area contributed by atoms with Crippen LogP contribution in [-0.4, -0.2) is 16.7 Å². The standard InChI is InChI=1S/C18H18ClN3/c1-21(17-10-12-20-13-11-17)22-14-2-3-18(22)9-6-15-4-7-16(19)8-5-15/h2-5,7-8,10-14H,6,9H2,1H3. The van der Waals surface area contributed by atoms with Crippen LogP contribution >= 0.6 is 11.6 Å². The van der Waals surface area contributed by atoms with Gasteiger partial charge in [0, 0.05) is 36.4 Å². The number of nitrogens with zero attached hydrogens (tertiary/aromatic N) is 3. The van der Waals surface area contributed by atoms with Crippen LogP contribution in [0, 0.1) is 0 Å². The summed E-state index contributed by atoms with van der Waals surface area (Å²) in [5, 5.41) is 2.91. The van der Waals surface area contributed by atoms with E-state index in [-0.39, 0.29) is 0 Å². The molecule has 3 aromatic rings. The number of hydrogen-bond donors (Lipinski definition) is 0. The Morgan fingerprint density at radius 3 is 2.45 bits per heavy atom. The van der Waals surface area contributed by atoms with Gasteiger partial charge in [0.2, 0.25) is 0 Å². The largest absolute Gasteiger partial charge is 0.285 e. The van der Waals surface area contributed by atoms with Gasteiger partial charge in [-0.25, -0.2) is 0 Å². The van der Waals surface area contributed by atoms with Crippen molar-refractivity contribution in [3.63, 3.8) is 0 Å². The zero-order valence-corrected chi connectivity index (χ0v) is 13.2. The Kier molecular flexibility index (Phi) is 4.45. The van der Waals surface area contributed by atoms with Crippen molar-refractivity contribution in [2.45, 2.75) is 12.8 Å². The number of hydrogen-bond acceptors (Lipinski definition) is 2. The van der Waals surface area contributed by atoms with Crippen LogP contribution in [-0.2, 0) is 12.8 Å². The van der Waals surface area contributed by atoms with Crippen LogP contribution in [0.4, 0.5) is 5.69 Å². The lowest BCUT2D eigenvalue weighted by Gasteiger charge is -2.23. The SMILES string of the molecule is CN(c1ccncc1)n1cccc1CCc1ccc(Cl)cc1. The van der Waals surface area contributed by atoms with Crippen LogP contribution in [0.2, 0.25) is 5.02 Å². The average Bonchev–Trinajstić information content (AvgIpc) is 3.03. The van der Waals surface area contributed by atoms with Crippen molar-refractivity contribution in [2.75, 3.05) is 12.1 Å². The summed E-state index contributed by atoms with van der Waals surface area (Å²) in [5.74, 6) is 0. The first-order chi connectivity index (χ1) is 10.7. The Morgan fingerprint density at radius 1 is 1.00 bits per heavy atom. The van der Waals surface area contributed by atoms with Crippen LogP contribution in [0.25, 0.3) is 0 Å². The molecule has 0 unspecified atom stereocenters. The van der Waals surface area contributed by atoms with E-state index >= 15 is 0 Å². The highest BCUT2D eigenvalue weighted by molar-refractivity contribution is 6.30. The monoisotopic (exact) mass is 311 g/mol. The lowest BCUT2D eigenvalue weighted by molar-refractivity contribution is 0.716. The fourth-order valence-corrected chi connectivity index (χ4v) is 2.63. The van der Waals surface area contributed by atoms with Gasteiger partial charge in [-0.2, -0.15) is 0 Å². The minimum atomic E-state index is 0.782. The van der Waals surface area contributed by atoms with Crippen LogP contribution in [0.3, 0.4) is 0 Å². The van der Waals surface area contributed by atoms with Gasteiger partial charge < -0.3 is 0 Å². The maximum atomic E-state index is 5.93. The molecule has 0 N–H and O–H groups in total. The number of aromatic nitrogens is 2. The van der Waals surface area contributed by atoms with Crippen molar-refractivity contribution in [3.8, 4) is 0 Å². The van der Waals surface area contributed by atoms with Crippen LogP contribution in [0.5, 0.6) is 0 Å². The van der Waals surface area contributed by atoms with Crippen molar-refractivity contribution in [3.05, 3.63) is 83.4 Å². The molecule has 2 heterocycles. The minimum absolute atomic E-state index is 0.782. The van der Waals surface area contributed by atoms with E-state index in [9.17, 15) is 0 Å². The second kappa shape index (κ2) is 6.67. The molecule has 0 radical (unpaired) electrons. The lowest BCUT2D eigenvalue weighted by atomic mass is 10.1. The Bertz CT molecular complexity index is 720. The van der Waals surface area contributed by atoms with Crippen molar-refractivity contribution in [2.24, 2.45) is 0 Å². The van der Waals surface area contributed by atoms with Gasteiger partial charge in [0.05, 0.1) is 5.69 Å². The van der Waals surface area contributed by atoms with E-state index in [0.717, 1.165) is 23.6 Å². The summed E-state index contributed by atoms with van der Waals surface area (Å²) in [6, 6.07) is 16.3. The lowest BCUT2D eigenvalue weighted by Crippen LogP contribution is -2.25. The molecule has 0 saturated heterocycles. The molecule has 3 nitrogen and oxygen atoms in total. The molecule has 0 saturated carbocycles. The molecule has 0 fully saturated rings. The normalized spacial score (nSPS) is 10.6. The fourth-order valence-electron chi connectivity index (χ4n) is 2.51. The zero-order chi connectivity index (χ0) is 15.4. The molecule has 3 rings (SSSR count). The van der Waals surface area contributed by atoms with Crippen molar-refractivity contribution >= 4 is 17.3 Å². The zero-order valence-electron chi connectivity index (χ0n) is 12.5. The molecular weight excluding hydrogens is 294 g/mol. The number of aryl methyl sites for hydroxylation is 2. The van der Waals surface area contributed by atoms with Crippen LogP contribution < -0.4 is 5.01 Å². The number of anilines is 1. The van der Waals surface area contributed by atoms with Crippen molar-refractivity contribution < 1.29 is 0 Å². The molecule has 0 atom stereocenters. The summed E-state index contributed by atoms with van der Waals surface area (Å²) >= 11 is 5.93. The molecule has 0 aliphatic heterocycles. The predicted octanol–water partition coefficient (Wildman–Crippen LogP) is 4.22. The Morgan fingerprint density at radius 2 is 1.73 bits per heavy atom. The number of rotatable bonds is 5. The second-order valence-electron chi connectivity index (χ2n) is 5.20. The Hall–Kier alpha value is -2.26. The maximum absolute atomic E-state index is 5.93. The fraction of sp³-hybridized carbons (Fsp3) is 0.167. The van der Waals surface area contributed by atoms with E-state index in [2.05, 4.69) is 52.2 Å². The molecule has 22 heavy (non-hydrogen) atoms. The van der Waals surface area contributed by atoms with Gasteiger partial charge in [0.15, 0.2) is 0 Å². The smallest absolute Gasteiger partial charge is 0.0605 e. The van der Waals surface area contributed by atoms with Gasteiger partial charge in [-0.1, -0.05) is 23.7 Å². The molecular formula is C18H18ClN3. The van der Waals surface area contributed by atoms with Gasteiger partial charge >= 0.3 is 0 Å². The molecule has 0 spiro atoms. The average molecular weight is 312 g/mol. The second-order valence-corrected chi connectivity index (χ2v) is 5.64. The minimum Gasteiger partial charge on any atom is -0.285 e. The Balaban J connectivity index is 1.73. The molecule has 0 bridgehead atoms. The van der Waals surface area contributed by atoms with Gasteiger partial charge in [-0.3, -0.25) is 14.7 Å². The summed E-state index contributed by atoms with van der Waals surface area (Å²) in [4.78, 5) is 4.07.